The molecule has 3 aromatic carbocycles. The van der Waals surface area contributed by atoms with Crippen molar-refractivity contribution in [3.05, 3.63) is 86.9 Å². The van der Waals surface area contributed by atoms with Crippen molar-refractivity contribution in [2.24, 2.45) is 5.14 Å². The number of benzene rings is 3. The number of ether oxygens (including phenoxy) is 2. The van der Waals surface area contributed by atoms with Gasteiger partial charge in [0.2, 0.25) is 10.0 Å². The van der Waals surface area contributed by atoms with Crippen LogP contribution in [-0.2, 0) is 41.3 Å². The summed E-state index contributed by atoms with van der Waals surface area (Å²) >= 11 is 10.2. The van der Waals surface area contributed by atoms with Crippen LogP contribution in [0.4, 0.5) is 17.1 Å². The Kier molecular flexibility index (Phi) is 11.6. The van der Waals surface area contributed by atoms with Crippen molar-refractivity contribution >= 4 is 91.3 Å². The number of thioether (sulfide) groups is 2. The summed E-state index contributed by atoms with van der Waals surface area (Å²) in [5.74, 6) is -2.39. The Hall–Kier alpha value is -4.27. The number of nitro groups is 1. The van der Waals surface area contributed by atoms with Crippen molar-refractivity contribution in [2.75, 3.05) is 18.6 Å². The lowest BCUT2D eigenvalue weighted by Gasteiger charge is -2.28. The zero-order valence-corrected chi connectivity index (χ0v) is 30.1. The fraction of sp³-hybridized carbons (Fsp3) is 0.233. The molecule has 2 atom stereocenters. The van der Waals surface area contributed by atoms with Gasteiger partial charge in [0.15, 0.2) is 14.4 Å². The highest BCUT2D eigenvalue weighted by atomic mass is 35.5. The summed E-state index contributed by atoms with van der Waals surface area (Å²) in [4.78, 5) is 51.8. The van der Waals surface area contributed by atoms with Crippen LogP contribution in [0.1, 0.15) is 18.1 Å². The molecule has 2 amide bonds. The first kappa shape index (κ1) is 37.0. The number of sulfonamides is 1. The number of carbonyl (C=O) groups is 3. The van der Waals surface area contributed by atoms with Crippen LogP contribution in [0.25, 0.3) is 0 Å². The number of anilines is 2. The third-order valence-electron chi connectivity index (χ3n) is 7.12. The average molecular weight is 779 g/mol. The summed E-state index contributed by atoms with van der Waals surface area (Å²) in [5, 5.41) is 27.9. The predicted octanol–water partition coefficient (Wildman–Crippen LogP) is 4.48. The van der Waals surface area contributed by atoms with Gasteiger partial charge in [-0.05, 0) is 54.8 Å². The number of carbonyl (C=O) groups excluding carboxylic acids is 3. The van der Waals surface area contributed by atoms with Crippen LogP contribution in [-0.4, -0.2) is 66.3 Å². The molecule has 0 saturated carbocycles. The van der Waals surface area contributed by atoms with Crippen LogP contribution in [0.2, 0.25) is 5.02 Å². The minimum Gasteiger partial charge on any atom is -0.468 e. The van der Waals surface area contributed by atoms with E-state index < -0.39 is 49.8 Å². The summed E-state index contributed by atoms with van der Waals surface area (Å²) in [6.07, 6.45) is -1.68. The van der Waals surface area contributed by atoms with E-state index >= 15 is 0 Å². The molecule has 1 aliphatic heterocycles. The van der Waals surface area contributed by atoms with Gasteiger partial charge in [0.05, 0.1) is 33.3 Å². The first-order valence-electron chi connectivity index (χ1n) is 14.4. The number of nitrogens with two attached hydrogens (primary N) is 1. The van der Waals surface area contributed by atoms with Crippen LogP contribution >= 0.6 is 46.5 Å². The minimum absolute atomic E-state index is 0.0362. The first-order chi connectivity index (χ1) is 23.8. The number of esters is 1. The minimum atomic E-state index is -4.23. The summed E-state index contributed by atoms with van der Waals surface area (Å²) in [6.45, 7) is 1.77. The maximum Gasteiger partial charge on any atom is 0.318 e. The molecule has 50 heavy (non-hydrogen) atoms. The van der Waals surface area contributed by atoms with E-state index in [4.69, 9.17) is 26.2 Å². The first-order valence-corrected chi connectivity index (χ1v) is 19.0. The average Bonchev–Trinajstić information content (AvgIpc) is 3.54. The summed E-state index contributed by atoms with van der Waals surface area (Å²) < 4.78 is 36.1. The molecule has 3 N–H and O–H groups in total. The van der Waals surface area contributed by atoms with Crippen molar-refractivity contribution in [3.63, 3.8) is 0 Å². The molecule has 1 aromatic heterocycles. The third kappa shape index (κ3) is 8.53. The Morgan fingerprint density at radius 1 is 1.16 bits per heavy atom. The molecule has 15 nitrogen and oxygen atoms in total. The predicted molar refractivity (Wildman–Crippen MR) is 187 cm³/mol. The van der Waals surface area contributed by atoms with Crippen LogP contribution in [0.3, 0.4) is 0 Å². The Morgan fingerprint density at radius 2 is 1.90 bits per heavy atom. The van der Waals surface area contributed by atoms with Gasteiger partial charge >= 0.3 is 11.7 Å². The summed E-state index contributed by atoms with van der Waals surface area (Å²) in [6, 6.07) is 14.3. The number of halogens is 1. The van der Waals surface area contributed by atoms with E-state index in [0.29, 0.717) is 19.8 Å². The number of nitro benzene ring substituents is 1. The Balaban J connectivity index is 1.45. The normalized spacial score (nSPS) is 15.6. The van der Waals surface area contributed by atoms with E-state index in [1.807, 2.05) is 0 Å². The number of rotatable bonds is 11. The van der Waals surface area contributed by atoms with Gasteiger partial charge < -0.3 is 14.8 Å². The second-order valence-corrected chi connectivity index (χ2v) is 16.2. The molecule has 5 rings (SSSR count). The lowest BCUT2D eigenvalue weighted by Crippen LogP contribution is -2.49. The van der Waals surface area contributed by atoms with Gasteiger partial charge in [-0.1, -0.05) is 70.7 Å². The highest BCUT2D eigenvalue weighted by Gasteiger charge is 2.38. The maximum absolute atomic E-state index is 14.4. The quantitative estimate of drug-likeness (QED) is 0.0708. The van der Waals surface area contributed by atoms with Crippen LogP contribution in [0, 0.1) is 10.1 Å². The highest BCUT2D eigenvalue weighted by Crippen LogP contribution is 2.39. The van der Waals surface area contributed by atoms with Gasteiger partial charge in [-0.15, -0.1) is 10.2 Å². The number of amides is 2. The van der Waals surface area contributed by atoms with Crippen molar-refractivity contribution in [1.29, 1.82) is 0 Å². The lowest BCUT2D eigenvalue weighted by atomic mass is 10.1. The van der Waals surface area contributed by atoms with Crippen LogP contribution < -0.4 is 20.1 Å². The van der Waals surface area contributed by atoms with Crippen molar-refractivity contribution in [1.82, 2.24) is 15.5 Å². The van der Waals surface area contributed by atoms with E-state index in [2.05, 4.69) is 15.5 Å². The van der Waals surface area contributed by atoms with E-state index in [0.717, 1.165) is 11.0 Å². The summed E-state index contributed by atoms with van der Waals surface area (Å²) in [7, 11) is -2.93. The van der Waals surface area contributed by atoms with Crippen molar-refractivity contribution in [2.45, 2.75) is 44.0 Å². The smallest absolute Gasteiger partial charge is 0.318 e. The zero-order valence-electron chi connectivity index (χ0n) is 26.1. The number of nitrogens with zero attached hydrogens (tertiary/aromatic N) is 4. The molecule has 0 aliphatic carbocycles. The second-order valence-electron chi connectivity index (χ2n) is 10.5. The molecule has 2 heterocycles. The molecule has 0 spiro atoms. The van der Waals surface area contributed by atoms with Gasteiger partial charge in [-0.2, -0.15) is 0 Å². The number of hydrogen-bond donors (Lipinski definition) is 2. The monoisotopic (exact) mass is 778 g/mol. The SMILES string of the molecule is COC(=O)C(C)Sc1nnc(SCc2ccc(OC3C(=O)NCCc4ccccc4N(c4cc(S(N)(=O)=O)ccc4Cl)C3=O)c([N+](=O)[O-])c2)s1. The van der Waals surface area contributed by atoms with E-state index in [1.54, 1.807) is 37.3 Å². The van der Waals surface area contributed by atoms with Crippen LogP contribution in [0.15, 0.2) is 74.2 Å². The second kappa shape index (κ2) is 15.7. The van der Waals surface area contributed by atoms with E-state index in [1.165, 1.54) is 66.2 Å². The molecule has 262 valence electrons. The topological polar surface area (TPSA) is 214 Å². The number of methoxy groups -OCH3 is 1. The molecule has 1 aliphatic rings. The molecule has 2 unspecified atom stereocenters. The number of nitrogens with one attached hydrogen (secondary N) is 1. The Labute approximate surface area is 303 Å². The van der Waals surface area contributed by atoms with Crippen molar-refractivity contribution in [3.8, 4) is 5.75 Å². The number of aromatic nitrogens is 2. The molecular weight excluding hydrogens is 752 g/mol. The van der Waals surface area contributed by atoms with Gasteiger partial charge in [0.25, 0.3) is 17.9 Å². The van der Waals surface area contributed by atoms with Crippen molar-refractivity contribution < 1.29 is 37.2 Å². The largest absolute Gasteiger partial charge is 0.468 e. The molecule has 0 radical (unpaired) electrons. The molecule has 4 aromatic rings. The lowest BCUT2D eigenvalue weighted by molar-refractivity contribution is -0.386. The van der Waals surface area contributed by atoms with Gasteiger partial charge in [0.1, 0.15) is 5.25 Å². The number of fused-ring (bicyclic) bond motifs is 1. The number of primary sulfonamides is 1. The van der Waals surface area contributed by atoms with Gasteiger partial charge in [-0.25, -0.2) is 13.6 Å². The molecule has 0 saturated heterocycles. The fourth-order valence-corrected chi connectivity index (χ4v) is 8.60. The Bertz CT molecular complexity index is 2080. The molecule has 0 bridgehead atoms. The zero-order chi connectivity index (χ0) is 36.2. The molecular formula is C30H27ClN6O9S4. The molecule has 0 fully saturated rings. The summed E-state index contributed by atoms with van der Waals surface area (Å²) in [5.41, 5.74) is 0.805. The fourth-order valence-electron chi connectivity index (χ4n) is 4.73. The third-order valence-corrected chi connectivity index (χ3v) is 11.6. The highest BCUT2D eigenvalue weighted by molar-refractivity contribution is 8.03. The van der Waals surface area contributed by atoms with E-state index in [9.17, 15) is 32.9 Å². The van der Waals surface area contributed by atoms with E-state index in [-0.39, 0.29) is 45.8 Å². The number of para-hydroxylation sites is 1. The maximum atomic E-state index is 14.4. The standard InChI is InChI=1S/C30H27ClN6O9S4/c1-16(28(40)45-2)48-30-35-34-29(49-30)47-15-17-7-10-24(23(13-17)37(41)42)46-25-26(38)33-12-11-18-5-3-4-6-21(18)36(27(25)39)22-14-19(50(32,43)44)8-9-20(22)31/h3-10,13-14,16,25H,11-12,15H2,1-2H3,(H,33,38)(H2,32,43,44). The Morgan fingerprint density at radius 3 is 2.62 bits per heavy atom. The molecule has 20 heteroatoms. The van der Waals surface area contributed by atoms with Crippen LogP contribution in [0.5, 0.6) is 5.75 Å². The van der Waals surface area contributed by atoms with Gasteiger partial charge in [-0.3, -0.25) is 29.4 Å². The number of hydrogen-bond acceptors (Lipinski definition) is 14. The van der Waals surface area contributed by atoms with Gasteiger partial charge in [0, 0.05) is 18.4 Å².